The second-order valence-electron chi connectivity index (χ2n) is 6.13. The molecule has 2 rings (SSSR count). The largest absolute Gasteiger partial charge is 0.481 e. The van der Waals surface area contributed by atoms with Crippen molar-refractivity contribution in [2.45, 2.75) is 39.8 Å². The molecular formula is C18H21F2N3O3. The van der Waals surface area contributed by atoms with Crippen LogP contribution >= 0.6 is 0 Å². The molecule has 0 saturated heterocycles. The highest BCUT2D eigenvalue weighted by Gasteiger charge is 2.27. The molecule has 1 aromatic carbocycles. The molecule has 0 aliphatic heterocycles. The molecule has 0 bridgehead atoms. The van der Waals surface area contributed by atoms with Gasteiger partial charge in [-0.15, -0.1) is 0 Å². The molecule has 6 nitrogen and oxygen atoms in total. The van der Waals surface area contributed by atoms with E-state index >= 15 is 0 Å². The summed E-state index contributed by atoms with van der Waals surface area (Å²) >= 11 is 0. The first-order valence-electron chi connectivity index (χ1n) is 8.12. The summed E-state index contributed by atoms with van der Waals surface area (Å²) in [6.45, 7) is 1.76. The maximum Gasteiger partial charge on any atom is 0.333 e. The summed E-state index contributed by atoms with van der Waals surface area (Å²) in [5, 5.41) is 15.8. The molecule has 0 saturated carbocycles. The Morgan fingerprint density at radius 3 is 2.35 bits per heavy atom. The Bertz CT molecular complexity index is 790. The van der Waals surface area contributed by atoms with Crippen LogP contribution in [0.15, 0.2) is 30.3 Å². The van der Waals surface area contributed by atoms with Crippen LogP contribution in [0.2, 0.25) is 0 Å². The zero-order valence-corrected chi connectivity index (χ0v) is 14.7. The highest BCUT2D eigenvalue weighted by Crippen LogP contribution is 2.24. The molecular weight excluding hydrogens is 344 g/mol. The molecule has 2 atom stereocenters. The number of halogens is 2. The average Bonchev–Trinajstić information content (AvgIpc) is 2.88. The fraction of sp³-hybridized carbons (Fsp3) is 0.389. The molecule has 2 aromatic rings. The lowest BCUT2D eigenvalue weighted by atomic mass is 9.94. The number of hydrogen-bond acceptors (Lipinski definition) is 3. The van der Waals surface area contributed by atoms with Gasteiger partial charge in [-0.3, -0.25) is 9.59 Å². The van der Waals surface area contributed by atoms with Crippen molar-refractivity contribution in [3.8, 4) is 0 Å². The van der Waals surface area contributed by atoms with E-state index in [0.717, 1.165) is 0 Å². The van der Waals surface area contributed by atoms with E-state index in [2.05, 4.69) is 10.4 Å². The van der Waals surface area contributed by atoms with Crippen LogP contribution in [0, 0.1) is 19.8 Å². The van der Waals surface area contributed by atoms with Crippen LogP contribution in [0.1, 0.15) is 42.0 Å². The van der Waals surface area contributed by atoms with E-state index < -0.39 is 30.4 Å². The lowest BCUT2D eigenvalue weighted by Gasteiger charge is -2.23. The van der Waals surface area contributed by atoms with Crippen LogP contribution in [0.3, 0.4) is 0 Å². The molecule has 1 heterocycles. The number of hydrogen-bond donors (Lipinski definition) is 2. The number of nitrogens with one attached hydrogen (secondary N) is 1. The molecule has 2 N–H and O–H groups in total. The fourth-order valence-electron chi connectivity index (χ4n) is 2.83. The van der Waals surface area contributed by atoms with Crippen molar-refractivity contribution in [1.29, 1.82) is 0 Å². The van der Waals surface area contributed by atoms with Gasteiger partial charge in [0.05, 0.1) is 24.1 Å². The van der Waals surface area contributed by atoms with Crippen LogP contribution in [0.4, 0.5) is 8.78 Å². The summed E-state index contributed by atoms with van der Waals surface area (Å²) < 4.78 is 26.4. The topological polar surface area (TPSA) is 84.2 Å². The summed E-state index contributed by atoms with van der Waals surface area (Å²) in [6.07, 6.45) is -0.153. The number of amides is 1. The van der Waals surface area contributed by atoms with Gasteiger partial charge in [0.25, 0.3) is 0 Å². The van der Waals surface area contributed by atoms with Gasteiger partial charge in [-0.2, -0.15) is 13.9 Å². The van der Waals surface area contributed by atoms with E-state index in [4.69, 9.17) is 0 Å². The first-order chi connectivity index (χ1) is 12.2. The minimum Gasteiger partial charge on any atom is -0.481 e. The Labute approximate surface area is 149 Å². The van der Waals surface area contributed by atoms with Crippen molar-refractivity contribution in [3.05, 3.63) is 52.8 Å². The number of carboxylic acid groups (broad SMARTS) is 1. The second kappa shape index (κ2) is 8.07. The monoisotopic (exact) mass is 365 g/mol. The molecule has 26 heavy (non-hydrogen) atoms. The number of aromatic nitrogens is 2. The second-order valence-corrected chi connectivity index (χ2v) is 6.13. The van der Waals surface area contributed by atoms with Gasteiger partial charge in [-0.05, 0) is 26.3 Å². The van der Waals surface area contributed by atoms with Gasteiger partial charge < -0.3 is 10.4 Å². The molecule has 0 radical (unpaired) electrons. The number of carboxylic acids is 1. The number of carbonyl (C=O) groups excluding carboxylic acids is 1. The van der Waals surface area contributed by atoms with Crippen molar-refractivity contribution < 1.29 is 23.5 Å². The van der Waals surface area contributed by atoms with E-state index in [1.165, 1.54) is 13.8 Å². The smallest absolute Gasteiger partial charge is 0.333 e. The fourth-order valence-corrected chi connectivity index (χ4v) is 2.83. The third-order valence-corrected chi connectivity index (χ3v) is 4.36. The van der Waals surface area contributed by atoms with Crippen LogP contribution in [0.5, 0.6) is 0 Å². The molecule has 0 unspecified atom stereocenters. The Hall–Kier alpha value is -2.77. The maximum atomic E-state index is 12.9. The Morgan fingerprint density at radius 1 is 1.23 bits per heavy atom. The standard InChI is InChI=1S/C18H21F2N3O3/c1-10(17(25)26)16(13-7-5-4-6-8-13)21-15(24)9-14-11(2)22-23(12(14)3)18(19)20/h4-8,10,16,18H,9H2,1-3H3,(H,21,24)(H,25,26)/t10-,16-/m0/s1. The first-order valence-corrected chi connectivity index (χ1v) is 8.12. The van der Waals surface area contributed by atoms with Crippen LogP contribution in [0.25, 0.3) is 0 Å². The van der Waals surface area contributed by atoms with Crippen LogP contribution in [-0.2, 0) is 16.0 Å². The number of carbonyl (C=O) groups is 2. The van der Waals surface area contributed by atoms with Gasteiger partial charge >= 0.3 is 12.5 Å². The number of rotatable bonds is 7. The van der Waals surface area contributed by atoms with Gasteiger partial charge in [-0.1, -0.05) is 30.3 Å². The zero-order chi connectivity index (χ0) is 19.4. The maximum absolute atomic E-state index is 12.9. The van der Waals surface area contributed by atoms with Gasteiger partial charge in [0.15, 0.2) is 0 Å². The summed E-state index contributed by atoms with van der Waals surface area (Å²) in [4.78, 5) is 23.9. The van der Waals surface area contributed by atoms with Crippen LogP contribution in [-0.4, -0.2) is 26.8 Å². The predicted molar refractivity (Wildman–Crippen MR) is 90.8 cm³/mol. The first kappa shape index (κ1) is 19.6. The van der Waals surface area contributed by atoms with Gasteiger partial charge in [-0.25, -0.2) is 4.68 Å². The summed E-state index contributed by atoms with van der Waals surface area (Å²) in [5.74, 6) is -2.35. The molecule has 0 fully saturated rings. The minimum atomic E-state index is -2.78. The minimum absolute atomic E-state index is 0.153. The molecule has 0 aliphatic rings. The summed E-state index contributed by atoms with van der Waals surface area (Å²) in [6, 6.07) is 8.03. The lowest BCUT2D eigenvalue weighted by Crippen LogP contribution is -2.36. The number of nitrogens with zero attached hydrogens (tertiary/aromatic N) is 2. The van der Waals surface area contributed by atoms with Crippen molar-refractivity contribution >= 4 is 11.9 Å². The van der Waals surface area contributed by atoms with E-state index in [-0.39, 0.29) is 12.1 Å². The molecule has 140 valence electrons. The number of alkyl halides is 2. The molecule has 8 heteroatoms. The molecule has 0 spiro atoms. The molecule has 0 aliphatic carbocycles. The summed E-state index contributed by atoms with van der Waals surface area (Å²) in [5.41, 5.74) is 1.64. The van der Waals surface area contributed by atoms with Crippen molar-refractivity contribution in [1.82, 2.24) is 15.1 Å². The van der Waals surface area contributed by atoms with Crippen molar-refractivity contribution in [2.24, 2.45) is 5.92 Å². The number of benzene rings is 1. The molecule has 1 aromatic heterocycles. The zero-order valence-electron chi connectivity index (χ0n) is 14.7. The SMILES string of the molecule is Cc1nn(C(F)F)c(C)c1CC(=O)N[C@H](c1ccccc1)[C@H](C)C(=O)O. The predicted octanol–water partition coefficient (Wildman–Crippen LogP) is 3.02. The number of aliphatic carboxylic acids is 1. The van der Waals surface area contributed by atoms with Crippen molar-refractivity contribution in [2.75, 3.05) is 0 Å². The van der Waals surface area contributed by atoms with E-state index in [1.807, 2.05) is 0 Å². The van der Waals surface area contributed by atoms with Crippen LogP contribution < -0.4 is 5.32 Å². The highest BCUT2D eigenvalue weighted by atomic mass is 19.3. The average molecular weight is 365 g/mol. The van der Waals surface area contributed by atoms with E-state index in [9.17, 15) is 23.5 Å². The Morgan fingerprint density at radius 2 is 1.85 bits per heavy atom. The van der Waals surface area contributed by atoms with E-state index in [1.54, 1.807) is 37.3 Å². The van der Waals surface area contributed by atoms with Gasteiger partial charge in [0.1, 0.15) is 0 Å². The third kappa shape index (κ3) is 4.25. The number of aryl methyl sites for hydroxylation is 1. The normalized spacial score (nSPS) is 13.5. The Kier molecular flexibility index (Phi) is 6.07. The lowest BCUT2D eigenvalue weighted by molar-refractivity contribution is -0.142. The quantitative estimate of drug-likeness (QED) is 0.790. The Balaban J connectivity index is 2.22. The summed E-state index contributed by atoms with van der Waals surface area (Å²) in [7, 11) is 0. The van der Waals surface area contributed by atoms with E-state index in [0.29, 0.717) is 21.5 Å². The molecule has 1 amide bonds. The van der Waals surface area contributed by atoms with Crippen molar-refractivity contribution in [3.63, 3.8) is 0 Å². The van der Waals surface area contributed by atoms with Gasteiger partial charge in [0.2, 0.25) is 5.91 Å². The third-order valence-electron chi connectivity index (χ3n) is 4.36. The van der Waals surface area contributed by atoms with Gasteiger partial charge in [0, 0.05) is 11.3 Å². The highest BCUT2D eigenvalue weighted by molar-refractivity contribution is 5.81.